The molecule has 0 saturated heterocycles. The number of nitrogens with zero attached hydrogens (tertiary/aromatic N) is 4. The first-order chi connectivity index (χ1) is 13.1. The number of fused-ring (bicyclic) bond motifs is 1. The highest BCUT2D eigenvalue weighted by molar-refractivity contribution is 6.07. The molecule has 0 N–H and O–H groups in total. The van der Waals surface area contributed by atoms with E-state index in [9.17, 15) is 4.79 Å². The van der Waals surface area contributed by atoms with Crippen LogP contribution in [0.5, 0.6) is 0 Å². The zero-order chi connectivity index (χ0) is 18.8. The second-order valence-corrected chi connectivity index (χ2v) is 6.79. The van der Waals surface area contributed by atoms with Gasteiger partial charge in [-0.1, -0.05) is 17.3 Å². The molecular formula is C20H22N4O3. The van der Waals surface area contributed by atoms with Gasteiger partial charge in [-0.15, -0.1) is 0 Å². The van der Waals surface area contributed by atoms with Gasteiger partial charge in [-0.05, 0) is 38.4 Å². The van der Waals surface area contributed by atoms with Crippen LogP contribution >= 0.6 is 0 Å². The molecule has 0 spiro atoms. The summed E-state index contributed by atoms with van der Waals surface area (Å²) in [5.41, 5.74) is 2.24. The Labute approximate surface area is 157 Å². The smallest absolute Gasteiger partial charge is 0.280 e. The van der Waals surface area contributed by atoms with Crippen LogP contribution in [0.25, 0.3) is 11.5 Å². The fourth-order valence-corrected chi connectivity index (χ4v) is 3.23. The molecule has 0 radical (unpaired) electrons. The van der Waals surface area contributed by atoms with Gasteiger partial charge in [0, 0.05) is 32.2 Å². The maximum absolute atomic E-state index is 13.1. The van der Waals surface area contributed by atoms with Crippen LogP contribution in [0.3, 0.4) is 0 Å². The molecule has 3 aromatic rings. The molecule has 1 aromatic carbocycles. The van der Waals surface area contributed by atoms with Gasteiger partial charge in [0.05, 0.1) is 17.6 Å². The zero-order valence-corrected chi connectivity index (χ0v) is 15.5. The number of furan rings is 1. The van der Waals surface area contributed by atoms with Gasteiger partial charge in [0.15, 0.2) is 11.5 Å². The summed E-state index contributed by atoms with van der Waals surface area (Å²) >= 11 is 0. The third-order valence-corrected chi connectivity index (χ3v) is 4.66. The Morgan fingerprint density at radius 2 is 1.93 bits per heavy atom. The van der Waals surface area contributed by atoms with Gasteiger partial charge in [-0.25, -0.2) is 0 Å². The number of carbonyl (C=O) groups is 1. The molecule has 1 amide bonds. The lowest BCUT2D eigenvalue weighted by Crippen LogP contribution is -2.46. The fourth-order valence-electron chi connectivity index (χ4n) is 3.23. The minimum absolute atomic E-state index is 0.170. The molecule has 1 aliphatic heterocycles. The van der Waals surface area contributed by atoms with Gasteiger partial charge in [-0.2, -0.15) is 0 Å². The topological polar surface area (TPSA) is 66.0 Å². The highest BCUT2D eigenvalue weighted by Crippen LogP contribution is 2.34. The van der Waals surface area contributed by atoms with Crippen molar-refractivity contribution < 1.29 is 13.7 Å². The first kappa shape index (κ1) is 17.4. The Kier molecular flexibility index (Phi) is 4.68. The first-order valence-corrected chi connectivity index (χ1v) is 8.94. The lowest BCUT2D eigenvalue weighted by Gasteiger charge is -2.37. The fraction of sp³-hybridized carbons (Fsp3) is 0.300. The van der Waals surface area contributed by atoms with E-state index in [0.717, 1.165) is 31.0 Å². The van der Waals surface area contributed by atoms with Crippen molar-refractivity contribution in [1.82, 2.24) is 10.1 Å². The largest absolute Gasteiger partial charge is 0.461 e. The average Bonchev–Trinajstić information content (AvgIpc) is 3.36. The highest BCUT2D eigenvalue weighted by atomic mass is 16.5. The number of hydrogen-bond acceptors (Lipinski definition) is 6. The van der Waals surface area contributed by atoms with Gasteiger partial charge in [-0.3, -0.25) is 4.79 Å². The molecular weight excluding hydrogens is 344 g/mol. The standard InChI is InChI=1S/C20H22N4O3/c1-22(2)9-10-23-11-12-24(17-7-4-3-6-16(17)23)20(25)15-14-19(27-21-15)18-8-5-13-26-18/h3-8,13-14H,9-12H2,1-2H3. The van der Waals surface area contributed by atoms with Crippen LogP contribution in [0.15, 0.2) is 57.7 Å². The second-order valence-electron chi connectivity index (χ2n) is 6.79. The van der Waals surface area contributed by atoms with Gasteiger partial charge in [0.1, 0.15) is 0 Å². The molecule has 3 heterocycles. The molecule has 0 aliphatic carbocycles. The maximum Gasteiger partial charge on any atom is 0.280 e. The Hall–Kier alpha value is -3.06. The molecule has 0 atom stereocenters. The molecule has 140 valence electrons. The summed E-state index contributed by atoms with van der Waals surface area (Å²) in [5, 5.41) is 3.95. The van der Waals surface area contributed by atoms with Gasteiger partial charge in [0.2, 0.25) is 5.76 Å². The van der Waals surface area contributed by atoms with E-state index in [0.29, 0.717) is 18.1 Å². The minimum atomic E-state index is -0.170. The van der Waals surface area contributed by atoms with Crippen LogP contribution in [-0.4, -0.2) is 56.2 Å². The maximum atomic E-state index is 13.1. The molecule has 7 nitrogen and oxygen atoms in total. The summed E-state index contributed by atoms with van der Waals surface area (Å²) < 4.78 is 10.6. The van der Waals surface area contributed by atoms with Gasteiger partial charge >= 0.3 is 0 Å². The lowest BCUT2D eigenvalue weighted by atomic mass is 10.1. The Bertz CT molecular complexity index is 917. The van der Waals surface area contributed by atoms with Crippen LogP contribution in [-0.2, 0) is 0 Å². The highest BCUT2D eigenvalue weighted by Gasteiger charge is 2.29. The van der Waals surface area contributed by atoms with E-state index in [1.54, 1.807) is 29.4 Å². The predicted octanol–water partition coefficient (Wildman–Crippen LogP) is 2.96. The van der Waals surface area contributed by atoms with Crippen LogP contribution in [0.1, 0.15) is 10.5 Å². The van der Waals surface area contributed by atoms with E-state index in [2.05, 4.69) is 35.1 Å². The number of anilines is 2. The average molecular weight is 366 g/mol. The number of para-hydroxylation sites is 2. The van der Waals surface area contributed by atoms with Crippen molar-refractivity contribution in [2.24, 2.45) is 0 Å². The normalized spacial score (nSPS) is 13.9. The predicted molar refractivity (Wildman–Crippen MR) is 103 cm³/mol. The summed E-state index contributed by atoms with van der Waals surface area (Å²) in [6.07, 6.45) is 1.56. The van der Waals surface area contributed by atoms with Crippen molar-refractivity contribution >= 4 is 17.3 Å². The molecule has 4 rings (SSSR count). The number of hydrogen-bond donors (Lipinski definition) is 0. The Morgan fingerprint density at radius 3 is 2.67 bits per heavy atom. The van der Waals surface area contributed by atoms with E-state index in [1.807, 2.05) is 18.2 Å². The lowest BCUT2D eigenvalue weighted by molar-refractivity contribution is 0.0978. The van der Waals surface area contributed by atoms with Crippen molar-refractivity contribution in [2.75, 3.05) is 50.1 Å². The molecule has 0 unspecified atom stereocenters. The van der Waals surface area contributed by atoms with Crippen molar-refractivity contribution in [1.29, 1.82) is 0 Å². The monoisotopic (exact) mass is 366 g/mol. The summed E-state index contributed by atoms with van der Waals surface area (Å²) in [6.45, 7) is 3.25. The van der Waals surface area contributed by atoms with E-state index >= 15 is 0 Å². The Balaban J connectivity index is 1.58. The summed E-state index contributed by atoms with van der Waals surface area (Å²) in [6, 6.07) is 13.1. The van der Waals surface area contributed by atoms with Gasteiger partial charge < -0.3 is 23.6 Å². The molecule has 0 fully saturated rings. The number of amides is 1. The molecule has 7 heteroatoms. The van der Waals surface area contributed by atoms with Crippen molar-refractivity contribution in [3.8, 4) is 11.5 Å². The summed E-state index contributed by atoms with van der Waals surface area (Å²) in [4.78, 5) is 19.3. The molecule has 1 aliphatic rings. The molecule has 0 saturated carbocycles. The number of aromatic nitrogens is 1. The van der Waals surface area contributed by atoms with Crippen LogP contribution < -0.4 is 9.80 Å². The third kappa shape index (κ3) is 3.46. The number of likely N-dealkylation sites (N-methyl/N-ethyl adjacent to an activating group) is 1. The first-order valence-electron chi connectivity index (χ1n) is 8.94. The van der Waals surface area contributed by atoms with Crippen LogP contribution in [0.4, 0.5) is 11.4 Å². The number of rotatable bonds is 5. The number of carbonyl (C=O) groups excluding carboxylic acids is 1. The zero-order valence-electron chi connectivity index (χ0n) is 15.5. The summed E-state index contributed by atoms with van der Waals surface area (Å²) in [7, 11) is 4.12. The third-order valence-electron chi connectivity index (χ3n) is 4.66. The van der Waals surface area contributed by atoms with E-state index < -0.39 is 0 Å². The quantitative estimate of drug-likeness (QED) is 0.692. The SMILES string of the molecule is CN(C)CCN1CCN(C(=O)c2cc(-c3ccco3)on2)c2ccccc21. The molecule has 27 heavy (non-hydrogen) atoms. The van der Waals surface area contributed by atoms with Crippen LogP contribution in [0, 0.1) is 0 Å². The molecule has 0 bridgehead atoms. The van der Waals surface area contributed by atoms with E-state index in [1.165, 1.54) is 0 Å². The van der Waals surface area contributed by atoms with E-state index in [4.69, 9.17) is 8.94 Å². The van der Waals surface area contributed by atoms with E-state index in [-0.39, 0.29) is 11.6 Å². The van der Waals surface area contributed by atoms with Crippen LogP contribution in [0.2, 0.25) is 0 Å². The Morgan fingerprint density at radius 1 is 1.11 bits per heavy atom. The van der Waals surface area contributed by atoms with Crippen molar-refractivity contribution in [3.63, 3.8) is 0 Å². The minimum Gasteiger partial charge on any atom is -0.461 e. The summed E-state index contributed by atoms with van der Waals surface area (Å²) in [5.74, 6) is 0.827. The molecule has 2 aromatic heterocycles. The van der Waals surface area contributed by atoms with Crippen molar-refractivity contribution in [2.45, 2.75) is 0 Å². The number of benzene rings is 1. The second kappa shape index (κ2) is 7.28. The van der Waals surface area contributed by atoms with Gasteiger partial charge in [0.25, 0.3) is 5.91 Å². The van der Waals surface area contributed by atoms with Crippen molar-refractivity contribution in [3.05, 3.63) is 54.4 Å².